The van der Waals surface area contributed by atoms with Crippen molar-refractivity contribution in [2.75, 3.05) is 24.5 Å². The number of rotatable bonds is 5. The Morgan fingerprint density at radius 3 is 2.62 bits per heavy atom. The Morgan fingerprint density at radius 2 is 1.90 bits per heavy atom. The molecule has 0 fully saturated rings. The topological polar surface area (TPSA) is 73.5 Å². The standard InChI is InChI=1S/C21H22ClN3O3S/c1-3-24(4-2)29(27,28)17-7-8-20-15(11-17)9-10-25(20)21(26)19-12-14-5-6-16(22)13-18(14)23-19/h5-8,11-13,23H,3-4,9-10H2,1-2H3. The number of anilines is 1. The van der Waals surface area contributed by atoms with Crippen LogP contribution >= 0.6 is 11.6 Å². The minimum absolute atomic E-state index is 0.143. The van der Waals surface area contributed by atoms with Crippen molar-refractivity contribution in [1.29, 1.82) is 0 Å². The molecule has 1 N–H and O–H groups in total. The van der Waals surface area contributed by atoms with Crippen LogP contribution < -0.4 is 4.90 Å². The van der Waals surface area contributed by atoms with E-state index < -0.39 is 10.0 Å². The lowest BCUT2D eigenvalue weighted by molar-refractivity contribution is 0.0985. The summed E-state index contributed by atoms with van der Waals surface area (Å²) in [4.78, 5) is 18.2. The van der Waals surface area contributed by atoms with Gasteiger partial charge in [-0.15, -0.1) is 0 Å². The van der Waals surface area contributed by atoms with E-state index in [1.165, 1.54) is 4.31 Å². The van der Waals surface area contributed by atoms with Crippen LogP contribution in [0.15, 0.2) is 47.4 Å². The van der Waals surface area contributed by atoms with Gasteiger partial charge in [-0.25, -0.2) is 8.42 Å². The van der Waals surface area contributed by atoms with Crippen molar-refractivity contribution < 1.29 is 13.2 Å². The fourth-order valence-electron chi connectivity index (χ4n) is 3.82. The zero-order chi connectivity index (χ0) is 20.8. The first-order valence-corrected chi connectivity index (χ1v) is 11.4. The van der Waals surface area contributed by atoms with Gasteiger partial charge in [0.05, 0.1) is 4.90 Å². The molecular weight excluding hydrogens is 410 g/mol. The van der Waals surface area contributed by atoms with E-state index in [1.807, 2.05) is 26.0 Å². The fourth-order valence-corrected chi connectivity index (χ4v) is 5.50. The Bertz CT molecular complexity index is 1200. The van der Waals surface area contributed by atoms with Crippen LogP contribution in [0.2, 0.25) is 5.02 Å². The third-order valence-electron chi connectivity index (χ3n) is 5.35. The second kappa shape index (κ2) is 7.48. The number of benzene rings is 2. The van der Waals surface area contributed by atoms with Gasteiger partial charge in [0.1, 0.15) is 5.69 Å². The van der Waals surface area contributed by atoms with Crippen molar-refractivity contribution in [3.05, 3.63) is 58.7 Å². The molecule has 0 unspecified atom stereocenters. The molecule has 1 amide bonds. The zero-order valence-electron chi connectivity index (χ0n) is 16.3. The van der Waals surface area contributed by atoms with E-state index in [0.29, 0.717) is 36.8 Å². The van der Waals surface area contributed by atoms with Crippen LogP contribution in [-0.2, 0) is 16.4 Å². The summed E-state index contributed by atoms with van der Waals surface area (Å²) in [6.45, 7) is 5.00. The summed E-state index contributed by atoms with van der Waals surface area (Å²) in [6.07, 6.45) is 0.620. The smallest absolute Gasteiger partial charge is 0.274 e. The van der Waals surface area contributed by atoms with Crippen molar-refractivity contribution in [3.8, 4) is 0 Å². The third-order valence-corrected chi connectivity index (χ3v) is 7.63. The van der Waals surface area contributed by atoms with Crippen LogP contribution in [0.3, 0.4) is 0 Å². The average molecular weight is 432 g/mol. The number of aromatic amines is 1. The Balaban J connectivity index is 1.65. The van der Waals surface area contributed by atoms with Gasteiger partial charge in [0.25, 0.3) is 5.91 Å². The largest absolute Gasteiger partial charge is 0.350 e. The molecule has 1 aliphatic rings. The minimum atomic E-state index is -3.52. The SMILES string of the molecule is CCN(CC)S(=O)(=O)c1ccc2c(c1)CCN2C(=O)c1cc2ccc(Cl)cc2[nH]1. The van der Waals surface area contributed by atoms with Crippen molar-refractivity contribution in [2.24, 2.45) is 0 Å². The van der Waals surface area contributed by atoms with Gasteiger partial charge in [-0.2, -0.15) is 4.31 Å². The lowest BCUT2D eigenvalue weighted by Gasteiger charge is -2.20. The van der Waals surface area contributed by atoms with Gasteiger partial charge in [0, 0.05) is 41.2 Å². The van der Waals surface area contributed by atoms with E-state index in [9.17, 15) is 13.2 Å². The first-order chi connectivity index (χ1) is 13.8. The number of nitrogens with one attached hydrogen (secondary N) is 1. The molecule has 0 saturated heterocycles. The first kappa shape index (κ1) is 19.9. The number of aromatic nitrogens is 1. The van der Waals surface area contributed by atoms with Crippen LogP contribution in [-0.4, -0.2) is 43.2 Å². The normalized spacial score (nSPS) is 14.0. The number of sulfonamides is 1. The molecule has 4 rings (SSSR count). The molecule has 6 nitrogen and oxygen atoms in total. The molecule has 29 heavy (non-hydrogen) atoms. The van der Waals surface area contributed by atoms with E-state index in [4.69, 9.17) is 11.6 Å². The summed E-state index contributed by atoms with van der Waals surface area (Å²) in [5.74, 6) is -0.143. The van der Waals surface area contributed by atoms with Crippen molar-refractivity contribution >= 4 is 44.1 Å². The second-order valence-electron chi connectivity index (χ2n) is 7.00. The van der Waals surface area contributed by atoms with Gasteiger partial charge < -0.3 is 9.88 Å². The number of H-pyrrole nitrogens is 1. The molecule has 1 aliphatic heterocycles. The number of amides is 1. The number of nitrogens with zero attached hydrogens (tertiary/aromatic N) is 2. The third kappa shape index (κ3) is 3.43. The molecule has 0 bridgehead atoms. The maximum atomic E-state index is 13.1. The molecule has 8 heteroatoms. The summed E-state index contributed by atoms with van der Waals surface area (Å²) < 4.78 is 27.0. The molecule has 152 valence electrons. The summed E-state index contributed by atoms with van der Waals surface area (Å²) in [7, 11) is -3.52. The molecular formula is C21H22ClN3O3S. The Labute approximate surface area is 175 Å². The molecule has 0 atom stereocenters. The predicted molar refractivity (Wildman–Crippen MR) is 115 cm³/mol. The minimum Gasteiger partial charge on any atom is -0.350 e. The highest BCUT2D eigenvalue weighted by molar-refractivity contribution is 7.89. The Kier molecular flexibility index (Phi) is 5.14. The summed E-state index contributed by atoms with van der Waals surface area (Å²) >= 11 is 6.03. The Morgan fingerprint density at radius 1 is 1.14 bits per heavy atom. The van der Waals surface area contributed by atoms with Crippen molar-refractivity contribution in [2.45, 2.75) is 25.2 Å². The van der Waals surface area contributed by atoms with Crippen molar-refractivity contribution in [1.82, 2.24) is 9.29 Å². The summed E-state index contributed by atoms with van der Waals surface area (Å²) in [5.41, 5.74) is 2.91. The van der Waals surface area contributed by atoms with Gasteiger partial charge >= 0.3 is 0 Å². The van der Waals surface area contributed by atoms with E-state index in [1.54, 1.807) is 35.2 Å². The second-order valence-corrected chi connectivity index (χ2v) is 9.38. The predicted octanol–water partition coefficient (Wildman–Crippen LogP) is 4.05. The van der Waals surface area contributed by atoms with E-state index in [0.717, 1.165) is 22.2 Å². The molecule has 3 aromatic rings. The molecule has 1 aromatic heterocycles. The maximum Gasteiger partial charge on any atom is 0.274 e. The molecule has 0 aliphatic carbocycles. The summed E-state index contributed by atoms with van der Waals surface area (Å²) in [5, 5.41) is 1.52. The van der Waals surface area contributed by atoms with Crippen LogP contribution in [0.4, 0.5) is 5.69 Å². The lowest BCUT2D eigenvalue weighted by atomic mass is 10.2. The van der Waals surface area contributed by atoms with Crippen LogP contribution in [0.1, 0.15) is 29.9 Å². The van der Waals surface area contributed by atoms with Gasteiger partial charge in [0.15, 0.2) is 0 Å². The molecule has 2 aromatic carbocycles. The summed E-state index contributed by atoms with van der Waals surface area (Å²) in [6, 6.07) is 12.3. The Hall–Kier alpha value is -2.35. The molecule has 0 radical (unpaired) electrons. The van der Waals surface area contributed by atoms with Gasteiger partial charge in [-0.3, -0.25) is 4.79 Å². The highest BCUT2D eigenvalue weighted by atomic mass is 35.5. The lowest BCUT2D eigenvalue weighted by Crippen LogP contribution is -2.31. The van der Waals surface area contributed by atoms with Crippen LogP contribution in [0.25, 0.3) is 10.9 Å². The zero-order valence-corrected chi connectivity index (χ0v) is 17.8. The highest BCUT2D eigenvalue weighted by Crippen LogP contribution is 2.32. The first-order valence-electron chi connectivity index (χ1n) is 9.58. The van der Waals surface area contributed by atoms with E-state index in [-0.39, 0.29) is 10.8 Å². The number of carbonyl (C=O) groups excluding carboxylic acids is 1. The van der Waals surface area contributed by atoms with Crippen LogP contribution in [0.5, 0.6) is 0 Å². The number of hydrogen-bond donors (Lipinski definition) is 1. The van der Waals surface area contributed by atoms with Gasteiger partial charge in [-0.05, 0) is 48.4 Å². The number of halogens is 1. The van der Waals surface area contributed by atoms with Crippen molar-refractivity contribution in [3.63, 3.8) is 0 Å². The van der Waals surface area contributed by atoms with Gasteiger partial charge in [0.2, 0.25) is 10.0 Å². The molecule has 2 heterocycles. The van der Waals surface area contributed by atoms with E-state index in [2.05, 4.69) is 4.98 Å². The number of carbonyl (C=O) groups is 1. The molecule has 0 spiro atoms. The number of fused-ring (bicyclic) bond motifs is 2. The van der Waals surface area contributed by atoms with Gasteiger partial charge in [-0.1, -0.05) is 31.5 Å². The molecule has 0 saturated carbocycles. The number of hydrogen-bond acceptors (Lipinski definition) is 3. The monoisotopic (exact) mass is 431 g/mol. The quantitative estimate of drug-likeness (QED) is 0.662. The fraction of sp³-hybridized carbons (Fsp3) is 0.286. The van der Waals surface area contributed by atoms with Crippen LogP contribution in [0, 0.1) is 0 Å². The maximum absolute atomic E-state index is 13.1. The van der Waals surface area contributed by atoms with E-state index >= 15 is 0 Å². The average Bonchev–Trinajstić information content (AvgIpc) is 3.31. The highest BCUT2D eigenvalue weighted by Gasteiger charge is 2.29.